The molecule has 4 aromatic rings. The van der Waals surface area contributed by atoms with Gasteiger partial charge in [0.15, 0.2) is 0 Å². The molecule has 2 fully saturated rings. The second kappa shape index (κ2) is 16.5. The molecule has 9 nitrogen and oxygen atoms in total. The van der Waals surface area contributed by atoms with Gasteiger partial charge in [-0.25, -0.2) is 0 Å². The molecule has 0 aromatic heterocycles. The molecular weight excluding hydrogens is 691 g/mol. The van der Waals surface area contributed by atoms with Crippen molar-refractivity contribution in [3.05, 3.63) is 137 Å². The van der Waals surface area contributed by atoms with Crippen molar-refractivity contribution in [2.45, 2.75) is 75.2 Å². The minimum absolute atomic E-state index is 0.212. The van der Waals surface area contributed by atoms with Crippen LogP contribution in [0.2, 0.25) is 0 Å². The summed E-state index contributed by atoms with van der Waals surface area (Å²) < 4.78 is 12.3. The number of piperidine rings is 2. The van der Waals surface area contributed by atoms with Gasteiger partial charge < -0.3 is 24.4 Å². The highest BCUT2D eigenvalue weighted by Gasteiger charge is 2.37. The Morgan fingerprint density at radius 1 is 0.745 bits per heavy atom. The zero-order valence-corrected chi connectivity index (χ0v) is 31.2. The quantitative estimate of drug-likeness (QED) is 0.117. The number of imide groups is 1. The number of nitrogens with zero attached hydrogens (tertiary/aromatic N) is 2. The molecule has 1 unspecified atom stereocenters. The number of phenols is 1. The number of carbonyl (C=O) groups excluding carboxylic acids is 3. The fourth-order valence-corrected chi connectivity index (χ4v) is 8.97. The number of carbonyl (C=O) groups is 3. The zero-order valence-electron chi connectivity index (χ0n) is 31.2. The van der Waals surface area contributed by atoms with E-state index >= 15 is 0 Å². The van der Waals surface area contributed by atoms with Crippen LogP contribution in [-0.2, 0) is 20.8 Å². The number of hydrogen-bond donors (Lipinski definition) is 2. The summed E-state index contributed by atoms with van der Waals surface area (Å²) in [5.74, 6) is 2.49. The monoisotopic (exact) mass is 739 g/mol. The number of likely N-dealkylation sites (tertiary alicyclic amines) is 1. The lowest BCUT2D eigenvalue weighted by Crippen LogP contribution is -2.53. The lowest BCUT2D eigenvalue weighted by Gasteiger charge is -2.35. The first-order valence-electron chi connectivity index (χ1n) is 19.8. The summed E-state index contributed by atoms with van der Waals surface area (Å²) in [7, 11) is 0. The summed E-state index contributed by atoms with van der Waals surface area (Å²) >= 11 is 0. The van der Waals surface area contributed by atoms with Crippen molar-refractivity contribution in [3.8, 4) is 17.2 Å². The number of phenolic OH excluding ortho intramolecular Hbond substituents is 1. The predicted octanol–water partition coefficient (Wildman–Crippen LogP) is 7.20. The average Bonchev–Trinajstić information content (AvgIpc) is 3.56. The summed E-state index contributed by atoms with van der Waals surface area (Å²) in [6, 6.07) is 32.8. The molecule has 0 saturated carbocycles. The first kappa shape index (κ1) is 36.6. The van der Waals surface area contributed by atoms with Crippen LogP contribution in [0.15, 0.2) is 109 Å². The highest BCUT2D eigenvalue weighted by atomic mass is 16.5. The highest BCUT2D eigenvalue weighted by Crippen LogP contribution is 2.47. The Labute approximate surface area is 322 Å². The third-order valence-electron chi connectivity index (χ3n) is 11.8. The van der Waals surface area contributed by atoms with E-state index in [-0.39, 0.29) is 30.7 Å². The summed E-state index contributed by atoms with van der Waals surface area (Å²) in [6.45, 7) is 4.05. The minimum Gasteiger partial charge on any atom is -0.508 e. The molecule has 284 valence electrons. The largest absolute Gasteiger partial charge is 0.508 e. The van der Waals surface area contributed by atoms with Gasteiger partial charge in [0, 0.05) is 18.4 Å². The van der Waals surface area contributed by atoms with E-state index in [0.717, 1.165) is 63.9 Å². The maximum atomic E-state index is 12.7. The smallest absolute Gasteiger partial charge is 0.251 e. The molecule has 0 radical (unpaired) electrons. The summed E-state index contributed by atoms with van der Waals surface area (Å²) in [5.41, 5.74) is 6.41. The maximum Gasteiger partial charge on any atom is 0.251 e. The molecule has 4 aromatic carbocycles. The molecule has 3 heterocycles. The Kier molecular flexibility index (Phi) is 11.0. The second-order valence-corrected chi connectivity index (χ2v) is 15.4. The van der Waals surface area contributed by atoms with Crippen LogP contribution in [0.5, 0.6) is 17.2 Å². The maximum absolute atomic E-state index is 12.7. The average molecular weight is 740 g/mol. The van der Waals surface area contributed by atoms with Crippen LogP contribution in [0.25, 0.3) is 0 Å². The van der Waals surface area contributed by atoms with Gasteiger partial charge in [0.25, 0.3) is 5.91 Å². The van der Waals surface area contributed by atoms with Gasteiger partial charge in [-0.05, 0) is 141 Å². The first-order chi connectivity index (χ1) is 26.9. The fourth-order valence-electron chi connectivity index (χ4n) is 8.97. The second-order valence-electron chi connectivity index (χ2n) is 15.4. The number of rotatable bonds is 12. The third-order valence-corrected chi connectivity index (χ3v) is 11.8. The van der Waals surface area contributed by atoms with Crippen molar-refractivity contribution in [1.82, 2.24) is 15.1 Å². The molecule has 3 aliphatic heterocycles. The van der Waals surface area contributed by atoms with Crippen molar-refractivity contribution in [1.29, 1.82) is 0 Å². The van der Waals surface area contributed by atoms with E-state index in [0.29, 0.717) is 42.1 Å². The zero-order chi connectivity index (χ0) is 37.7. The van der Waals surface area contributed by atoms with Gasteiger partial charge >= 0.3 is 0 Å². The number of aryl methyl sites for hydroxylation is 1. The molecule has 0 spiro atoms. The van der Waals surface area contributed by atoms with Crippen molar-refractivity contribution in [3.63, 3.8) is 0 Å². The van der Waals surface area contributed by atoms with Crippen molar-refractivity contribution < 1.29 is 29.0 Å². The van der Waals surface area contributed by atoms with E-state index in [9.17, 15) is 19.5 Å². The van der Waals surface area contributed by atoms with Gasteiger partial charge in [0.05, 0.1) is 13.2 Å². The Hall–Kier alpha value is -5.41. The van der Waals surface area contributed by atoms with E-state index in [4.69, 9.17) is 9.47 Å². The number of amides is 3. The van der Waals surface area contributed by atoms with Gasteiger partial charge in [0.2, 0.25) is 11.8 Å². The third kappa shape index (κ3) is 8.47. The number of aromatic hydroxyl groups is 1. The van der Waals surface area contributed by atoms with E-state index in [1.165, 1.54) is 38.8 Å². The van der Waals surface area contributed by atoms with Gasteiger partial charge in [-0.2, -0.15) is 0 Å². The molecule has 2 saturated heterocycles. The Balaban J connectivity index is 0.776. The van der Waals surface area contributed by atoms with Crippen molar-refractivity contribution in [2.24, 2.45) is 0 Å². The lowest BCUT2D eigenvalue weighted by atomic mass is 9.69. The number of nitrogens with one attached hydrogen (secondary N) is 1. The van der Waals surface area contributed by atoms with Gasteiger partial charge in [-0.3, -0.25) is 19.7 Å². The fraction of sp³-hybridized carbons (Fsp3) is 0.370. The molecule has 55 heavy (non-hydrogen) atoms. The van der Waals surface area contributed by atoms with Crippen LogP contribution in [0.4, 0.5) is 0 Å². The van der Waals surface area contributed by atoms with Gasteiger partial charge in [-0.1, -0.05) is 60.7 Å². The van der Waals surface area contributed by atoms with Crippen LogP contribution < -0.4 is 14.8 Å². The van der Waals surface area contributed by atoms with Crippen molar-refractivity contribution in [2.75, 3.05) is 32.8 Å². The minimum atomic E-state index is -0.651. The molecule has 4 aliphatic rings. The number of fused-ring (bicyclic) bond motifs is 1. The van der Waals surface area contributed by atoms with Gasteiger partial charge in [0.1, 0.15) is 29.0 Å². The van der Waals surface area contributed by atoms with Crippen LogP contribution in [0.3, 0.4) is 0 Å². The number of hydrogen-bond acceptors (Lipinski definition) is 7. The van der Waals surface area contributed by atoms with Crippen molar-refractivity contribution >= 4 is 17.7 Å². The number of unbranched alkanes of at least 4 members (excludes halogenated alkanes) is 1. The Morgan fingerprint density at radius 2 is 1.55 bits per heavy atom. The number of benzene rings is 4. The Bertz CT molecular complexity index is 2040. The molecule has 3 atom stereocenters. The lowest BCUT2D eigenvalue weighted by molar-refractivity contribution is -0.142. The predicted molar refractivity (Wildman–Crippen MR) is 210 cm³/mol. The molecule has 9 heteroatoms. The van der Waals surface area contributed by atoms with Crippen LogP contribution in [0, 0.1) is 0 Å². The van der Waals surface area contributed by atoms with Gasteiger partial charge in [-0.15, -0.1) is 0 Å². The summed E-state index contributed by atoms with van der Waals surface area (Å²) in [6.07, 6.45) is 8.24. The van der Waals surface area contributed by atoms with E-state index in [2.05, 4.69) is 83.0 Å². The highest BCUT2D eigenvalue weighted by molar-refractivity contribution is 6.03. The SMILES string of the molecule is O=C1CCC(N2CC(Oc3cccc(C4CCN(CCCCOc5ccc([C@@H]6c7ccc(O)cc7CC[C@@H]6c6ccccc6)cc5)CC4)c3)=CC2=O)C(=O)N1. The molecule has 8 rings (SSSR count). The van der Waals surface area contributed by atoms with Crippen LogP contribution in [-0.4, -0.2) is 71.5 Å². The molecule has 1 aliphatic carbocycles. The van der Waals surface area contributed by atoms with E-state index in [1.54, 1.807) is 0 Å². The Morgan fingerprint density at radius 3 is 2.35 bits per heavy atom. The molecule has 3 amide bonds. The summed E-state index contributed by atoms with van der Waals surface area (Å²) in [4.78, 5) is 40.5. The normalized spacial score (nSPS) is 21.9. The van der Waals surface area contributed by atoms with E-state index < -0.39 is 11.9 Å². The molecule has 0 bridgehead atoms. The van der Waals surface area contributed by atoms with Crippen LogP contribution >= 0.6 is 0 Å². The summed E-state index contributed by atoms with van der Waals surface area (Å²) in [5, 5.41) is 12.5. The van der Waals surface area contributed by atoms with Crippen LogP contribution in [0.1, 0.15) is 90.5 Å². The topological polar surface area (TPSA) is 108 Å². The number of ether oxygens (including phenoxy) is 2. The molecule has 2 N–H and O–H groups in total. The molecular formula is C46H49N3O6. The first-order valence-corrected chi connectivity index (χ1v) is 19.8. The van der Waals surface area contributed by atoms with E-state index in [1.807, 2.05) is 24.3 Å². The standard InChI is InChI=1S/C46H49N3O6/c50-36-14-18-41-35(27-36)13-17-40(32-7-2-1-3-8-32)45(41)33-11-15-37(16-12-33)54-26-5-4-23-48-24-21-31(22-25-48)34-9-6-10-38(28-34)55-39-29-44(52)49(30-39)42-19-20-43(51)47-46(42)53/h1-3,6-12,14-16,18,27-29,31,40,42,45,50H,4-5,13,17,19-26,30H2,(H,47,51,53)/t40-,42?,45+/m1/s1.